The number of aliphatic hydroxyl groups excluding tert-OH is 3. The topological polar surface area (TPSA) is 296 Å². The normalized spacial score (nSPS) is 31.4. The van der Waals surface area contributed by atoms with Gasteiger partial charge in [0.25, 0.3) is 19.5 Å². The highest BCUT2D eigenvalue weighted by atomic mass is 31.2. The lowest BCUT2D eigenvalue weighted by Crippen LogP contribution is -2.58. The van der Waals surface area contributed by atoms with E-state index in [-0.39, 0.29) is 9.13 Å². The van der Waals surface area contributed by atoms with Crippen LogP contribution in [-0.4, -0.2) is 115 Å². The fraction of sp³-hybridized carbons (Fsp3) is 0.550. The fourth-order valence-corrected chi connectivity index (χ4v) is 4.41. The van der Waals surface area contributed by atoms with Crippen LogP contribution in [0.4, 0.5) is 31.1 Å². The van der Waals surface area contributed by atoms with Crippen LogP contribution in [0.25, 0.3) is 0 Å². The monoisotopic (exact) mass is 702 g/mol. The number of ether oxygens (including phenoxy) is 3. The number of halogens is 6. The van der Waals surface area contributed by atoms with E-state index in [1.54, 1.807) is 9.97 Å². The van der Waals surface area contributed by atoms with Crippen LogP contribution in [0.15, 0.2) is 43.7 Å². The molecule has 2 saturated heterocycles. The van der Waals surface area contributed by atoms with Crippen LogP contribution < -0.4 is 22.5 Å². The van der Waals surface area contributed by atoms with Crippen LogP contribution in [0.3, 0.4) is 0 Å². The molecule has 0 aromatic carbocycles. The summed E-state index contributed by atoms with van der Waals surface area (Å²) in [6.07, 6.45) is -24.3. The third kappa shape index (κ3) is 6.51. The predicted octanol–water partition coefficient (Wildman–Crippen LogP) is -3.44. The first-order chi connectivity index (χ1) is 21.0. The van der Waals surface area contributed by atoms with E-state index in [4.69, 9.17) is 19.6 Å². The van der Waals surface area contributed by atoms with Crippen molar-refractivity contribution in [1.82, 2.24) is 19.1 Å². The SMILES string of the molecule is O=C(O[C@H]1O[C@@H](n2ccc(=O)[nH]c2=O)[C@@](O)(C(F)(F)F)[C@@H]1O)P(O)O.O=c1ccn([C@@H]2O[C@H](CO)[C@@H](O)[C@]2(O)C(F)(F)F)c(=O)[nH]1. The second-order valence-electron chi connectivity index (χ2n) is 9.31. The van der Waals surface area contributed by atoms with Gasteiger partial charge in [-0.05, 0) is 0 Å². The maximum absolute atomic E-state index is 13.3. The molecule has 2 aromatic heterocycles. The summed E-state index contributed by atoms with van der Waals surface area (Å²) in [4.78, 5) is 76.8. The lowest BCUT2D eigenvalue weighted by Gasteiger charge is -2.33. The molecule has 8 atom stereocenters. The Bertz CT molecular complexity index is 1660. The van der Waals surface area contributed by atoms with Gasteiger partial charge in [0.1, 0.15) is 12.2 Å². The van der Waals surface area contributed by atoms with E-state index in [0.29, 0.717) is 18.5 Å². The average molecular weight is 702 g/mol. The van der Waals surface area contributed by atoms with Crippen LogP contribution in [0.1, 0.15) is 12.5 Å². The lowest BCUT2D eigenvalue weighted by atomic mass is 9.93. The van der Waals surface area contributed by atoms with Gasteiger partial charge in [0.05, 0.1) is 6.61 Å². The first-order valence-electron chi connectivity index (χ1n) is 11.9. The Hall–Kier alpha value is -3.52. The molecule has 0 saturated carbocycles. The van der Waals surface area contributed by atoms with Crippen LogP contribution >= 0.6 is 8.38 Å². The molecule has 2 aliphatic rings. The molecule has 19 nitrogen and oxygen atoms in total. The highest BCUT2D eigenvalue weighted by molar-refractivity contribution is 7.63. The minimum Gasteiger partial charge on any atom is -0.426 e. The summed E-state index contributed by atoms with van der Waals surface area (Å²) in [5, 5.41) is 48.0. The standard InChI is InChI=1S/C10H10F3N2O9P.C10H11F3N2O6/c11-10(12,13)9(20)4(17)5(24-8(19)25(21)22)23-6(9)15-2-1-3(16)14-7(15)18;11-10(12,13)9(20)6(18)4(3-16)21-7(9)15-2-1-5(17)14-8(15)19/h1-2,4-6,17,20-22H,(H,14,16,18);1-2,4,6-7,16,18,20H,3H2,(H,14,17,19)/t4-,5-,6-,9-;4-,6-,7-,9-/m11/s1. The molecule has 2 fully saturated rings. The van der Waals surface area contributed by atoms with Gasteiger partial charge in [-0.2, -0.15) is 26.3 Å². The van der Waals surface area contributed by atoms with Crippen molar-refractivity contribution in [2.75, 3.05) is 6.61 Å². The number of carbonyl (C=O) groups is 1. The molecule has 4 rings (SSSR count). The lowest BCUT2D eigenvalue weighted by molar-refractivity contribution is -0.305. The molecule has 0 unspecified atom stereocenters. The summed E-state index contributed by atoms with van der Waals surface area (Å²) in [5.74, 6) is 0. The first-order valence-corrected chi connectivity index (χ1v) is 13.1. The van der Waals surface area contributed by atoms with Crippen molar-refractivity contribution in [3.63, 3.8) is 0 Å². The van der Waals surface area contributed by atoms with E-state index in [9.17, 15) is 70.7 Å². The summed E-state index contributed by atoms with van der Waals surface area (Å²) < 4.78 is 93.1. The number of hydrogen-bond acceptors (Lipinski definition) is 15. The summed E-state index contributed by atoms with van der Waals surface area (Å²) in [6.45, 7) is -1.01. The number of aromatic amines is 2. The number of aromatic nitrogens is 4. The highest BCUT2D eigenvalue weighted by Crippen LogP contribution is 2.49. The number of rotatable bonds is 5. The molecule has 0 aliphatic carbocycles. The number of H-pyrrole nitrogens is 2. The van der Waals surface area contributed by atoms with Crippen LogP contribution in [-0.2, 0) is 14.2 Å². The Labute approximate surface area is 248 Å². The summed E-state index contributed by atoms with van der Waals surface area (Å²) >= 11 is 0. The molecule has 46 heavy (non-hydrogen) atoms. The van der Waals surface area contributed by atoms with Crippen LogP contribution in [0.2, 0.25) is 0 Å². The van der Waals surface area contributed by atoms with E-state index in [1.165, 1.54) is 0 Å². The van der Waals surface area contributed by atoms with Gasteiger partial charge in [-0.25, -0.2) is 14.4 Å². The quantitative estimate of drug-likeness (QED) is 0.108. The summed E-state index contributed by atoms with van der Waals surface area (Å²) in [6, 6.07) is 1.40. The van der Waals surface area contributed by atoms with Gasteiger partial charge in [0, 0.05) is 24.5 Å². The second-order valence-corrected chi connectivity index (χ2v) is 10.3. The fourth-order valence-electron chi connectivity index (χ4n) is 4.21. The average Bonchev–Trinajstić information content (AvgIpc) is 3.35. The molecular weight excluding hydrogens is 681 g/mol. The molecule has 9 N–H and O–H groups in total. The maximum Gasteiger partial charge on any atom is 0.424 e. The zero-order valence-corrected chi connectivity index (χ0v) is 22.9. The van der Waals surface area contributed by atoms with Gasteiger partial charge < -0.3 is 49.5 Å². The van der Waals surface area contributed by atoms with Crippen molar-refractivity contribution < 1.29 is 80.7 Å². The third-order valence-electron chi connectivity index (χ3n) is 6.51. The Morgan fingerprint density at radius 1 is 0.848 bits per heavy atom. The molecule has 2 aliphatic heterocycles. The minimum atomic E-state index is -5.57. The van der Waals surface area contributed by atoms with Gasteiger partial charge >= 0.3 is 29.4 Å². The van der Waals surface area contributed by atoms with Gasteiger partial charge in [-0.1, -0.05) is 0 Å². The number of hydrogen-bond donors (Lipinski definition) is 9. The van der Waals surface area contributed by atoms with Gasteiger partial charge in [-0.15, -0.1) is 0 Å². The maximum atomic E-state index is 13.3. The number of carbonyl (C=O) groups excluding carboxylic acids is 1. The van der Waals surface area contributed by atoms with Crippen molar-refractivity contribution >= 4 is 14.1 Å². The minimum absolute atomic E-state index is 0.118. The Morgan fingerprint density at radius 3 is 1.63 bits per heavy atom. The van der Waals surface area contributed by atoms with E-state index in [2.05, 4.69) is 9.47 Å². The number of nitrogens with one attached hydrogen (secondary N) is 2. The van der Waals surface area contributed by atoms with Crippen molar-refractivity contribution in [3.05, 3.63) is 66.2 Å². The van der Waals surface area contributed by atoms with Gasteiger partial charge in [-0.3, -0.25) is 28.7 Å². The molecule has 26 heteroatoms. The van der Waals surface area contributed by atoms with Crippen LogP contribution in [0, 0.1) is 0 Å². The number of aliphatic hydroxyl groups is 5. The predicted molar refractivity (Wildman–Crippen MR) is 129 cm³/mol. The van der Waals surface area contributed by atoms with Crippen molar-refractivity contribution in [2.45, 2.75) is 60.6 Å². The zero-order chi connectivity index (χ0) is 35.2. The van der Waals surface area contributed by atoms with Crippen molar-refractivity contribution in [1.29, 1.82) is 0 Å². The van der Waals surface area contributed by atoms with Gasteiger partial charge in [0.2, 0.25) is 17.5 Å². The zero-order valence-electron chi connectivity index (χ0n) is 22.0. The van der Waals surface area contributed by atoms with Crippen molar-refractivity contribution in [2.24, 2.45) is 0 Å². The molecule has 0 amide bonds. The molecule has 2 aromatic rings. The third-order valence-corrected chi connectivity index (χ3v) is 6.94. The van der Waals surface area contributed by atoms with Gasteiger partial charge in [0.15, 0.2) is 18.6 Å². The number of alkyl halides is 6. The summed E-state index contributed by atoms with van der Waals surface area (Å²) in [7, 11) is -3.37. The van der Waals surface area contributed by atoms with Crippen LogP contribution in [0.5, 0.6) is 0 Å². The molecule has 0 spiro atoms. The largest absolute Gasteiger partial charge is 0.426 e. The number of nitrogens with zero attached hydrogens (tertiary/aromatic N) is 2. The van der Waals surface area contributed by atoms with E-state index in [1.807, 2.05) is 0 Å². The molecular formula is C20H21F6N4O15P. The molecule has 0 bridgehead atoms. The molecule has 0 radical (unpaired) electrons. The highest BCUT2D eigenvalue weighted by Gasteiger charge is 2.72. The first kappa shape index (κ1) is 36.9. The smallest absolute Gasteiger partial charge is 0.424 e. The van der Waals surface area contributed by atoms with E-state index < -0.39 is 104 Å². The van der Waals surface area contributed by atoms with Crippen molar-refractivity contribution in [3.8, 4) is 0 Å². The second kappa shape index (κ2) is 12.9. The molecule has 258 valence electrons. The summed E-state index contributed by atoms with van der Waals surface area (Å²) in [5.41, 5.74) is -14.2. The Kier molecular flexibility index (Phi) is 10.4. The van der Waals surface area contributed by atoms with E-state index >= 15 is 0 Å². The Morgan fingerprint density at radius 2 is 1.26 bits per heavy atom. The Balaban J connectivity index is 0.000000254. The van der Waals surface area contributed by atoms with E-state index in [0.717, 1.165) is 6.07 Å². The molecule has 4 heterocycles.